The Morgan fingerprint density at radius 1 is 1.88 bits per heavy atom. The molecule has 0 aliphatic rings. The monoisotopic (exact) mass is 120 g/mol. The molecule has 0 aliphatic carbocycles. The summed E-state index contributed by atoms with van der Waals surface area (Å²) in [5.74, 6) is 0. The third-order valence-corrected chi connectivity index (χ3v) is 0.287. The van der Waals surface area contributed by atoms with Crippen molar-refractivity contribution in [1.82, 2.24) is 0 Å². The van der Waals surface area contributed by atoms with Crippen LogP contribution in [0.3, 0.4) is 0 Å². The molecule has 4 heteroatoms. The van der Waals surface area contributed by atoms with Gasteiger partial charge in [0.1, 0.15) is 0 Å². The number of carbonyl (C=O) groups excluding carboxylic acids is 1. The van der Waals surface area contributed by atoms with Crippen molar-refractivity contribution < 1.29 is 14.6 Å². The molecule has 0 aromatic rings. The molecule has 0 saturated heterocycles. The van der Waals surface area contributed by atoms with Gasteiger partial charge in [0.05, 0.1) is 13.7 Å². The molecule has 1 amide bonds. The van der Waals surface area contributed by atoms with E-state index < -0.39 is 6.09 Å². The Balaban J connectivity index is 0. The lowest BCUT2D eigenvalue weighted by atomic mass is 10.9. The minimum Gasteiger partial charge on any atom is -0.450 e. The smallest absolute Gasteiger partial charge is 0.404 e. The zero-order valence-electron chi connectivity index (χ0n) is 4.76. The summed E-state index contributed by atoms with van der Waals surface area (Å²) < 4.78 is 4.18. The largest absolute Gasteiger partial charge is 0.450 e. The molecule has 0 rings (SSSR count). The van der Waals surface area contributed by atoms with Crippen LogP contribution >= 0.6 is 0 Å². The molecular weight excluding hydrogens is 110 g/mol. The second-order valence-electron chi connectivity index (χ2n) is 0.752. The lowest BCUT2D eigenvalue weighted by Gasteiger charge is -1.89. The topological polar surface area (TPSA) is 72.5 Å². The van der Waals surface area contributed by atoms with Gasteiger partial charge >= 0.3 is 6.09 Å². The number of hydrogen-bond acceptors (Lipinski definition) is 3. The molecule has 0 saturated carbocycles. The highest BCUT2D eigenvalue weighted by atomic mass is 16.5. The van der Waals surface area contributed by atoms with Crippen LogP contribution in [-0.4, -0.2) is 17.8 Å². The van der Waals surface area contributed by atoms with Crippen LogP contribution in [0, 0.1) is 7.11 Å². The molecule has 0 aromatic carbocycles. The van der Waals surface area contributed by atoms with Crippen LogP contribution < -0.4 is 5.73 Å². The van der Waals surface area contributed by atoms with E-state index >= 15 is 0 Å². The quantitative estimate of drug-likeness (QED) is 0.521. The lowest BCUT2D eigenvalue weighted by molar-refractivity contribution is 0.163. The zero-order valence-corrected chi connectivity index (χ0v) is 4.76. The number of aliphatic hydroxyl groups excluding tert-OH is 1. The first-order valence-electron chi connectivity index (χ1n) is 2.01. The normalized spacial score (nSPS) is 6.38. The first-order valence-corrected chi connectivity index (χ1v) is 2.01. The summed E-state index contributed by atoms with van der Waals surface area (Å²) in [6.07, 6.45) is -0.711. The van der Waals surface area contributed by atoms with Gasteiger partial charge < -0.3 is 15.6 Å². The predicted octanol–water partition coefficient (Wildman–Crippen LogP) is 0.252. The highest BCUT2D eigenvalue weighted by molar-refractivity contribution is 5.64. The average Bonchev–Trinajstić information content (AvgIpc) is 1.72. The number of primary amides is 1. The maximum Gasteiger partial charge on any atom is 0.404 e. The Bertz CT molecular complexity index is 55.2. The molecule has 0 fully saturated rings. The van der Waals surface area contributed by atoms with Gasteiger partial charge in [-0.3, -0.25) is 0 Å². The summed E-state index contributed by atoms with van der Waals surface area (Å²) in [6.45, 7) is 2.06. The van der Waals surface area contributed by atoms with Crippen LogP contribution in [0.2, 0.25) is 0 Å². The number of aliphatic hydroxyl groups is 1. The van der Waals surface area contributed by atoms with Crippen molar-refractivity contribution in [1.29, 1.82) is 0 Å². The summed E-state index contributed by atoms with van der Waals surface area (Å²) in [6, 6.07) is 0. The third-order valence-electron chi connectivity index (χ3n) is 0.287. The third kappa shape index (κ3) is 18.8. The van der Waals surface area contributed by atoms with Crippen LogP contribution in [0.25, 0.3) is 0 Å². The molecule has 0 unspecified atom stereocenters. The molecular formula is C4H10NO3. The summed E-state index contributed by atoms with van der Waals surface area (Å²) in [4.78, 5) is 9.60. The summed E-state index contributed by atoms with van der Waals surface area (Å²) in [7, 11) is 2.25. The van der Waals surface area contributed by atoms with Gasteiger partial charge in [0.25, 0.3) is 0 Å². The molecule has 1 radical (unpaired) electrons. The number of hydrogen-bond donors (Lipinski definition) is 2. The molecule has 49 valence electrons. The summed E-state index contributed by atoms with van der Waals surface area (Å²) in [5.41, 5.74) is 4.54. The molecule has 0 heterocycles. The Morgan fingerprint density at radius 3 is 2.25 bits per heavy atom. The van der Waals surface area contributed by atoms with Crippen molar-refractivity contribution in [2.24, 2.45) is 5.73 Å². The fourth-order valence-corrected chi connectivity index (χ4v) is 0.142. The predicted molar refractivity (Wildman–Crippen MR) is 28.5 cm³/mol. The summed E-state index contributed by atoms with van der Waals surface area (Å²) in [5, 5.41) is 6.75. The van der Waals surface area contributed by atoms with Gasteiger partial charge in [0.15, 0.2) is 0 Å². The second kappa shape index (κ2) is 9.52. The molecule has 8 heavy (non-hydrogen) atoms. The highest BCUT2D eigenvalue weighted by Gasteiger charge is 1.82. The molecule has 0 aliphatic heterocycles. The van der Waals surface area contributed by atoms with Crippen LogP contribution in [0.1, 0.15) is 6.92 Å². The van der Waals surface area contributed by atoms with Crippen LogP contribution in [0.5, 0.6) is 0 Å². The molecule has 3 N–H and O–H groups in total. The van der Waals surface area contributed by atoms with Gasteiger partial charge in [-0.2, -0.15) is 0 Å². The van der Waals surface area contributed by atoms with Gasteiger partial charge in [0.2, 0.25) is 0 Å². The van der Waals surface area contributed by atoms with Crippen LogP contribution in [0.15, 0.2) is 0 Å². The van der Waals surface area contributed by atoms with E-state index in [-0.39, 0.29) is 0 Å². The number of carbonyl (C=O) groups is 1. The highest BCUT2D eigenvalue weighted by Crippen LogP contribution is 1.66. The van der Waals surface area contributed by atoms with E-state index in [2.05, 4.69) is 17.6 Å². The van der Waals surface area contributed by atoms with Gasteiger partial charge in [-0.25, -0.2) is 4.79 Å². The molecule has 4 nitrogen and oxygen atoms in total. The number of rotatable bonds is 1. The van der Waals surface area contributed by atoms with E-state index in [0.29, 0.717) is 6.61 Å². The van der Waals surface area contributed by atoms with E-state index in [4.69, 9.17) is 5.11 Å². The number of ether oxygens (including phenoxy) is 1. The minimum atomic E-state index is -0.711. The lowest BCUT2D eigenvalue weighted by Crippen LogP contribution is -2.11. The van der Waals surface area contributed by atoms with Crippen molar-refractivity contribution in [3.8, 4) is 0 Å². The second-order valence-corrected chi connectivity index (χ2v) is 0.752. The van der Waals surface area contributed by atoms with Crippen molar-refractivity contribution in [3.05, 3.63) is 7.11 Å². The Labute approximate surface area is 48.2 Å². The minimum absolute atomic E-state index is 0.356. The average molecular weight is 120 g/mol. The molecule has 0 aromatic heterocycles. The van der Waals surface area contributed by atoms with Gasteiger partial charge in [-0.1, -0.05) is 0 Å². The molecule has 0 atom stereocenters. The van der Waals surface area contributed by atoms with E-state index in [0.717, 1.165) is 0 Å². The van der Waals surface area contributed by atoms with E-state index in [1.165, 1.54) is 0 Å². The van der Waals surface area contributed by atoms with Gasteiger partial charge in [-0.15, -0.1) is 0 Å². The van der Waals surface area contributed by atoms with Crippen LogP contribution in [-0.2, 0) is 4.74 Å². The molecule has 0 spiro atoms. The Kier molecular flexibility index (Phi) is 12.2. The number of nitrogens with two attached hydrogens (primary N) is 1. The van der Waals surface area contributed by atoms with Gasteiger partial charge in [0, 0.05) is 0 Å². The standard InChI is InChI=1S/C3H7NO2.CH3O/c1-2-6-3(4)5;1-2/h2H2,1H3,(H2,4,5);2H,1H2. The fourth-order valence-electron chi connectivity index (χ4n) is 0.142. The number of amides is 1. The van der Waals surface area contributed by atoms with Gasteiger partial charge in [-0.05, 0) is 6.92 Å². The SMILES string of the molecule is CCOC(N)=O.[CH2]O. The van der Waals surface area contributed by atoms with Crippen molar-refractivity contribution >= 4 is 6.09 Å². The zero-order chi connectivity index (χ0) is 6.99. The Hall–Kier alpha value is -0.770. The van der Waals surface area contributed by atoms with E-state index in [1.54, 1.807) is 6.92 Å². The van der Waals surface area contributed by atoms with E-state index in [1.807, 2.05) is 0 Å². The maximum atomic E-state index is 9.60. The summed E-state index contributed by atoms with van der Waals surface area (Å²) >= 11 is 0. The van der Waals surface area contributed by atoms with Crippen molar-refractivity contribution in [2.45, 2.75) is 6.92 Å². The fraction of sp³-hybridized carbons (Fsp3) is 0.500. The first-order chi connectivity index (χ1) is 3.77. The van der Waals surface area contributed by atoms with Crippen LogP contribution in [0.4, 0.5) is 4.79 Å². The van der Waals surface area contributed by atoms with Crippen molar-refractivity contribution in [2.75, 3.05) is 6.61 Å². The van der Waals surface area contributed by atoms with Crippen molar-refractivity contribution in [3.63, 3.8) is 0 Å². The Morgan fingerprint density at radius 2 is 2.25 bits per heavy atom. The first kappa shape index (κ1) is 10.3. The van der Waals surface area contributed by atoms with E-state index in [9.17, 15) is 4.79 Å². The maximum absolute atomic E-state index is 9.60. The molecule has 0 bridgehead atoms.